The summed E-state index contributed by atoms with van der Waals surface area (Å²) in [5.74, 6) is -0.129. The van der Waals surface area contributed by atoms with Crippen molar-refractivity contribution in [2.24, 2.45) is 5.92 Å². The summed E-state index contributed by atoms with van der Waals surface area (Å²) >= 11 is 0. The van der Waals surface area contributed by atoms with Gasteiger partial charge in [-0.2, -0.15) is 0 Å². The lowest BCUT2D eigenvalue weighted by atomic mass is 10.1. The van der Waals surface area contributed by atoms with Crippen LogP contribution in [0.2, 0.25) is 0 Å². The van der Waals surface area contributed by atoms with E-state index >= 15 is 0 Å². The van der Waals surface area contributed by atoms with Gasteiger partial charge >= 0.3 is 5.97 Å². The van der Waals surface area contributed by atoms with Crippen LogP contribution in [0.5, 0.6) is 0 Å². The van der Waals surface area contributed by atoms with Crippen LogP contribution in [0.15, 0.2) is 0 Å². The number of hydrogen-bond donors (Lipinski definition) is 2. The summed E-state index contributed by atoms with van der Waals surface area (Å²) in [4.78, 5) is 13.4. The minimum Gasteiger partial charge on any atom is -0.480 e. The first kappa shape index (κ1) is 16.4. The second-order valence-corrected chi connectivity index (χ2v) is 5.29. The van der Waals surface area contributed by atoms with Crippen LogP contribution in [0, 0.1) is 5.92 Å². The van der Waals surface area contributed by atoms with Gasteiger partial charge in [0, 0.05) is 19.1 Å². The monoisotopic (exact) mass is 244 g/mol. The fourth-order valence-electron chi connectivity index (χ4n) is 1.89. The van der Waals surface area contributed by atoms with Gasteiger partial charge in [-0.25, -0.2) is 0 Å². The summed E-state index contributed by atoms with van der Waals surface area (Å²) in [7, 11) is 0. The maximum absolute atomic E-state index is 11.1. The molecule has 1 atom stereocenters. The maximum atomic E-state index is 11.1. The number of hydrogen-bond acceptors (Lipinski definition) is 3. The van der Waals surface area contributed by atoms with Crippen molar-refractivity contribution in [3.05, 3.63) is 0 Å². The molecule has 0 spiro atoms. The third kappa shape index (κ3) is 8.16. The highest BCUT2D eigenvalue weighted by Gasteiger charge is 2.18. The fourth-order valence-corrected chi connectivity index (χ4v) is 1.89. The average Bonchev–Trinajstić information content (AvgIpc) is 2.20. The highest BCUT2D eigenvalue weighted by molar-refractivity contribution is 5.73. The van der Waals surface area contributed by atoms with E-state index in [0.717, 1.165) is 19.6 Å². The largest absolute Gasteiger partial charge is 0.480 e. The molecule has 0 saturated carbocycles. The molecule has 0 aliphatic heterocycles. The molecule has 4 nitrogen and oxygen atoms in total. The van der Waals surface area contributed by atoms with E-state index in [0.29, 0.717) is 12.3 Å². The minimum atomic E-state index is -0.751. The molecule has 0 aliphatic carbocycles. The molecule has 2 N–H and O–H groups in total. The molecule has 0 rings (SSSR count). The van der Waals surface area contributed by atoms with E-state index in [1.807, 2.05) is 13.8 Å². The third-order valence-corrected chi connectivity index (χ3v) is 2.64. The Labute approximate surface area is 105 Å². The summed E-state index contributed by atoms with van der Waals surface area (Å²) < 4.78 is 0. The molecule has 102 valence electrons. The zero-order valence-corrected chi connectivity index (χ0v) is 11.9. The van der Waals surface area contributed by atoms with E-state index in [9.17, 15) is 4.79 Å². The Balaban J connectivity index is 4.13. The lowest BCUT2D eigenvalue weighted by Gasteiger charge is -2.25. The Hall–Kier alpha value is -0.610. The predicted octanol–water partition coefficient (Wildman–Crippen LogP) is 1.81. The second kappa shape index (κ2) is 8.48. The van der Waals surface area contributed by atoms with Gasteiger partial charge in [-0.3, -0.25) is 4.79 Å². The molecule has 0 aliphatic rings. The van der Waals surface area contributed by atoms with Gasteiger partial charge in [-0.1, -0.05) is 34.6 Å². The van der Waals surface area contributed by atoms with E-state index in [1.165, 1.54) is 0 Å². The first-order valence-corrected chi connectivity index (χ1v) is 6.58. The van der Waals surface area contributed by atoms with E-state index < -0.39 is 12.0 Å². The van der Waals surface area contributed by atoms with Crippen molar-refractivity contribution in [1.82, 2.24) is 10.2 Å². The zero-order chi connectivity index (χ0) is 13.4. The quantitative estimate of drug-likeness (QED) is 0.649. The van der Waals surface area contributed by atoms with Crippen LogP contribution < -0.4 is 5.32 Å². The van der Waals surface area contributed by atoms with Crippen molar-refractivity contribution in [2.75, 3.05) is 19.6 Å². The molecular weight excluding hydrogens is 216 g/mol. The summed E-state index contributed by atoms with van der Waals surface area (Å²) in [6, 6.07) is -0.229. The lowest BCUT2D eigenvalue weighted by molar-refractivity contribution is -0.140. The number of nitrogens with zero attached hydrogens (tertiary/aromatic N) is 1. The van der Waals surface area contributed by atoms with Crippen molar-refractivity contribution in [1.29, 1.82) is 0 Å². The van der Waals surface area contributed by atoms with Crippen LogP contribution in [0.1, 0.15) is 41.0 Å². The number of rotatable bonds is 9. The number of carbonyl (C=O) groups is 1. The molecule has 0 heterocycles. The van der Waals surface area contributed by atoms with Gasteiger partial charge < -0.3 is 15.3 Å². The molecule has 0 saturated heterocycles. The fraction of sp³-hybridized carbons (Fsp3) is 0.923. The Morgan fingerprint density at radius 3 is 2.24 bits per heavy atom. The SMILES string of the molecule is CCN(CCC(NC(C)C)C(=O)O)CC(C)C. The van der Waals surface area contributed by atoms with Crippen LogP contribution in [0.25, 0.3) is 0 Å². The summed E-state index contributed by atoms with van der Waals surface area (Å²) in [5.41, 5.74) is 0. The molecule has 0 aromatic carbocycles. The van der Waals surface area contributed by atoms with Gasteiger partial charge in [0.25, 0.3) is 0 Å². The summed E-state index contributed by atoms with van der Waals surface area (Å²) in [6.07, 6.45) is 0.661. The first-order valence-electron chi connectivity index (χ1n) is 6.58. The van der Waals surface area contributed by atoms with Crippen LogP contribution in [-0.4, -0.2) is 47.7 Å². The molecule has 4 heteroatoms. The van der Waals surface area contributed by atoms with Gasteiger partial charge in [0.2, 0.25) is 0 Å². The molecule has 0 aromatic rings. The third-order valence-electron chi connectivity index (χ3n) is 2.64. The summed E-state index contributed by atoms with van der Waals surface area (Å²) in [6.45, 7) is 13.3. The van der Waals surface area contributed by atoms with Crippen molar-refractivity contribution >= 4 is 5.97 Å². The van der Waals surface area contributed by atoms with Gasteiger partial charge in [0.05, 0.1) is 0 Å². The molecule has 0 bridgehead atoms. The molecule has 0 radical (unpaired) electrons. The second-order valence-electron chi connectivity index (χ2n) is 5.29. The average molecular weight is 244 g/mol. The smallest absolute Gasteiger partial charge is 0.320 e. The van der Waals surface area contributed by atoms with Gasteiger partial charge in [0.1, 0.15) is 6.04 Å². The highest BCUT2D eigenvalue weighted by Crippen LogP contribution is 2.02. The van der Waals surface area contributed by atoms with Crippen molar-refractivity contribution < 1.29 is 9.90 Å². The minimum absolute atomic E-state index is 0.205. The molecule has 1 unspecified atom stereocenters. The van der Waals surface area contributed by atoms with Crippen LogP contribution in [-0.2, 0) is 4.79 Å². The Morgan fingerprint density at radius 1 is 1.29 bits per heavy atom. The number of carboxylic acid groups (broad SMARTS) is 1. The topological polar surface area (TPSA) is 52.6 Å². The highest BCUT2D eigenvalue weighted by atomic mass is 16.4. The van der Waals surface area contributed by atoms with Crippen LogP contribution in [0.3, 0.4) is 0 Å². The lowest BCUT2D eigenvalue weighted by Crippen LogP contribution is -2.43. The number of aliphatic carboxylic acids is 1. The van der Waals surface area contributed by atoms with Crippen LogP contribution in [0.4, 0.5) is 0 Å². The Morgan fingerprint density at radius 2 is 1.88 bits per heavy atom. The number of nitrogens with one attached hydrogen (secondary N) is 1. The molecule has 0 amide bonds. The van der Waals surface area contributed by atoms with Crippen molar-refractivity contribution in [3.63, 3.8) is 0 Å². The van der Waals surface area contributed by atoms with E-state index in [-0.39, 0.29) is 6.04 Å². The van der Waals surface area contributed by atoms with Gasteiger partial charge in [0.15, 0.2) is 0 Å². The van der Waals surface area contributed by atoms with Gasteiger partial charge in [-0.05, 0) is 18.9 Å². The maximum Gasteiger partial charge on any atom is 0.320 e. The first-order chi connectivity index (χ1) is 7.86. The summed E-state index contributed by atoms with van der Waals surface area (Å²) in [5, 5.41) is 12.2. The van der Waals surface area contributed by atoms with E-state index in [1.54, 1.807) is 0 Å². The molecular formula is C13H28N2O2. The van der Waals surface area contributed by atoms with Crippen molar-refractivity contribution in [2.45, 2.75) is 53.1 Å². The van der Waals surface area contributed by atoms with Crippen LogP contribution >= 0.6 is 0 Å². The standard InChI is InChI=1S/C13H28N2O2/c1-6-15(9-10(2)3)8-7-12(13(16)17)14-11(4)5/h10-12,14H,6-9H2,1-5H3,(H,16,17). The molecule has 0 aromatic heterocycles. The number of carboxylic acids is 1. The normalized spacial score (nSPS) is 13.6. The predicted molar refractivity (Wildman–Crippen MR) is 71.3 cm³/mol. The molecule has 17 heavy (non-hydrogen) atoms. The zero-order valence-electron chi connectivity index (χ0n) is 11.9. The van der Waals surface area contributed by atoms with E-state index in [2.05, 4.69) is 31.0 Å². The van der Waals surface area contributed by atoms with Gasteiger partial charge in [-0.15, -0.1) is 0 Å². The molecule has 0 fully saturated rings. The Kier molecular flexibility index (Phi) is 8.17. The van der Waals surface area contributed by atoms with Crippen molar-refractivity contribution in [3.8, 4) is 0 Å². The van der Waals surface area contributed by atoms with E-state index in [4.69, 9.17) is 5.11 Å². The Bertz CT molecular complexity index is 217.